The van der Waals surface area contributed by atoms with Crippen LogP contribution in [0.15, 0.2) is 47.1 Å². The molecule has 0 atom stereocenters. The molecule has 1 N–H and O–H groups in total. The van der Waals surface area contributed by atoms with Crippen molar-refractivity contribution in [1.82, 2.24) is 0 Å². The maximum absolute atomic E-state index is 9.28. The first kappa shape index (κ1) is 14.6. The average Bonchev–Trinajstić information content (AvgIpc) is 2.88. The number of fused-ring (bicyclic) bond motifs is 5. The Hall–Kier alpha value is -2.03. The van der Waals surface area contributed by atoms with Crippen molar-refractivity contribution in [1.29, 1.82) is 0 Å². The minimum absolute atomic E-state index is 0.183. The quantitative estimate of drug-likeness (QED) is 0.534. The van der Waals surface area contributed by atoms with Crippen molar-refractivity contribution in [3.63, 3.8) is 0 Å². The monoisotopic (exact) mass is 324 g/mol. The summed E-state index contributed by atoms with van der Waals surface area (Å²) in [4.78, 5) is 0. The van der Waals surface area contributed by atoms with Gasteiger partial charge in [-0.15, -0.1) is 0 Å². The van der Waals surface area contributed by atoms with Crippen LogP contribution in [0.1, 0.15) is 17.5 Å². The van der Waals surface area contributed by atoms with Crippen LogP contribution in [-0.4, -0.2) is 11.7 Å². The molecular weight excluding hydrogens is 308 g/mol. The number of hydrogen-bond acceptors (Lipinski definition) is 2. The van der Waals surface area contributed by atoms with E-state index >= 15 is 0 Å². The summed E-state index contributed by atoms with van der Waals surface area (Å²) in [6.07, 6.45) is 3.37. The predicted molar refractivity (Wildman–Crippen MR) is 95.5 cm³/mol. The summed E-state index contributed by atoms with van der Waals surface area (Å²) in [5.41, 5.74) is 5.57. The standard InChI is InChI=1S/C20H17ClO2/c1-12-7-8-18-15(10-12)19-13(5-3-9-22)14-4-2-6-17(21)20(14)16(19)11-23-18/h2,4,6-8,10-11,22H,3,5,9H2,1H3. The lowest BCUT2D eigenvalue weighted by atomic mass is 9.98. The van der Waals surface area contributed by atoms with Crippen molar-refractivity contribution in [2.75, 3.05) is 6.61 Å². The molecule has 1 aliphatic carbocycles. The Balaban J connectivity index is 2.18. The fraction of sp³-hybridized carbons (Fsp3) is 0.200. The summed E-state index contributed by atoms with van der Waals surface area (Å²) in [6.45, 7) is 2.27. The van der Waals surface area contributed by atoms with Gasteiger partial charge < -0.3 is 9.52 Å². The van der Waals surface area contributed by atoms with Crippen molar-refractivity contribution in [2.24, 2.45) is 0 Å². The minimum Gasteiger partial charge on any atom is -0.464 e. The molecule has 2 aliphatic rings. The highest BCUT2D eigenvalue weighted by Gasteiger charge is 2.22. The summed E-state index contributed by atoms with van der Waals surface area (Å²) in [5.74, 6) is 0. The smallest absolute Gasteiger partial charge is 0.134 e. The molecule has 1 heterocycles. The molecule has 2 aromatic carbocycles. The SMILES string of the molecule is Cc1ccc2occ3c4c(Cl)cccc4c(CCCO)c-3c2c1. The van der Waals surface area contributed by atoms with Crippen LogP contribution in [0.3, 0.4) is 0 Å². The van der Waals surface area contributed by atoms with E-state index in [9.17, 15) is 5.11 Å². The summed E-state index contributed by atoms with van der Waals surface area (Å²) in [6, 6.07) is 12.2. The van der Waals surface area contributed by atoms with Crippen molar-refractivity contribution in [3.05, 3.63) is 58.8 Å². The van der Waals surface area contributed by atoms with Gasteiger partial charge in [0.05, 0.1) is 6.26 Å². The van der Waals surface area contributed by atoms with Crippen LogP contribution >= 0.6 is 11.6 Å². The van der Waals surface area contributed by atoms with E-state index in [1.807, 2.05) is 24.5 Å². The van der Waals surface area contributed by atoms with Crippen LogP contribution < -0.4 is 0 Å². The molecule has 0 bridgehead atoms. The molecule has 0 radical (unpaired) electrons. The first-order chi connectivity index (χ1) is 11.2. The molecule has 0 amide bonds. The first-order valence-electron chi connectivity index (χ1n) is 7.82. The normalized spacial score (nSPS) is 11.8. The van der Waals surface area contributed by atoms with Gasteiger partial charge in [0.15, 0.2) is 0 Å². The number of benzene rings is 2. The van der Waals surface area contributed by atoms with Crippen molar-refractivity contribution in [2.45, 2.75) is 19.8 Å². The third-order valence-electron chi connectivity index (χ3n) is 4.47. The van der Waals surface area contributed by atoms with E-state index in [0.29, 0.717) is 0 Å². The summed E-state index contributed by atoms with van der Waals surface area (Å²) < 4.78 is 5.85. The second-order valence-corrected chi connectivity index (χ2v) is 6.40. The number of aryl methyl sites for hydroxylation is 2. The number of hydrogen-bond donors (Lipinski definition) is 1. The van der Waals surface area contributed by atoms with Gasteiger partial charge >= 0.3 is 0 Å². The molecule has 0 saturated heterocycles. The van der Waals surface area contributed by atoms with Gasteiger partial charge in [0.2, 0.25) is 0 Å². The Morgan fingerprint density at radius 2 is 2.00 bits per heavy atom. The third kappa shape index (κ3) is 2.21. The second-order valence-electron chi connectivity index (χ2n) is 5.99. The molecule has 0 fully saturated rings. The lowest BCUT2D eigenvalue weighted by molar-refractivity contribution is 0.289. The molecule has 4 rings (SSSR count). The molecule has 0 aromatic heterocycles. The molecule has 3 heteroatoms. The Morgan fingerprint density at radius 1 is 1.13 bits per heavy atom. The molecule has 0 spiro atoms. The lowest BCUT2D eigenvalue weighted by Crippen LogP contribution is -1.91. The van der Waals surface area contributed by atoms with Crippen molar-refractivity contribution >= 4 is 33.3 Å². The van der Waals surface area contributed by atoms with E-state index in [1.165, 1.54) is 16.7 Å². The first-order valence-corrected chi connectivity index (χ1v) is 8.20. The van der Waals surface area contributed by atoms with Crippen LogP contribution in [0.25, 0.3) is 32.9 Å². The van der Waals surface area contributed by atoms with Gasteiger partial charge in [-0.25, -0.2) is 0 Å². The molecule has 2 nitrogen and oxygen atoms in total. The molecule has 116 valence electrons. The van der Waals surface area contributed by atoms with Crippen LogP contribution in [0.2, 0.25) is 5.02 Å². The number of halogens is 1. The lowest BCUT2D eigenvalue weighted by Gasteiger charge is -2.09. The maximum Gasteiger partial charge on any atom is 0.134 e. The van der Waals surface area contributed by atoms with Gasteiger partial charge in [0.25, 0.3) is 0 Å². The van der Waals surface area contributed by atoms with Gasteiger partial charge in [-0.05, 0) is 48.9 Å². The van der Waals surface area contributed by atoms with Crippen molar-refractivity contribution in [3.8, 4) is 11.1 Å². The molecule has 2 aromatic rings. The summed E-state index contributed by atoms with van der Waals surface area (Å²) in [5, 5.41) is 13.3. The molecule has 0 saturated carbocycles. The number of aliphatic hydroxyl groups excluding tert-OH is 1. The van der Waals surface area contributed by atoms with Crippen molar-refractivity contribution < 1.29 is 9.52 Å². The highest BCUT2D eigenvalue weighted by atomic mass is 35.5. The predicted octanol–water partition coefficient (Wildman–Crippen LogP) is 5.58. The number of aliphatic hydroxyl groups is 1. The van der Waals surface area contributed by atoms with Crippen LogP contribution in [-0.2, 0) is 6.42 Å². The molecule has 0 unspecified atom stereocenters. The Kier molecular flexibility index (Phi) is 3.51. The van der Waals surface area contributed by atoms with E-state index < -0.39 is 0 Å². The minimum atomic E-state index is 0.183. The second kappa shape index (κ2) is 5.55. The number of rotatable bonds is 3. The van der Waals surface area contributed by atoms with Crippen LogP contribution in [0.4, 0.5) is 0 Å². The van der Waals surface area contributed by atoms with Gasteiger partial charge in [-0.3, -0.25) is 0 Å². The molecular formula is C20H17ClO2. The van der Waals surface area contributed by atoms with E-state index in [2.05, 4.69) is 25.1 Å². The van der Waals surface area contributed by atoms with E-state index in [4.69, 9.17) is 16.0 Å². The Labute approximate surface area is 139 Å². The van der Waals surface area contributed by atoms with Crippen LogP contribution in [0.5, 0.6) is 0 Å². The fourth-order valence-electron chi connectivity index (χ4n) is 3.48. The molecule has 23 heavy (non-hydrogen) atoms. The topological polar surface area (TPSA) is 33.4 Å². The Bertz CT molecular complexity index is 984. The zero-order chi connectivity index (χ0) is 16.0. The Morgan fingerprint density at radius 3 is 2.83 bits per heavy atom. The summed E-state index contributed by atoms with van der Waals surface area (Å²) in [7, 11) is 0. The maximum atomic E-state index is 9.28. The van der Waals surface area contributed by atoms with E-state index in [-0.39, 0.29) is 6.61 Å². The zero-order valence-electron chi connectivity index (χ0n) is 12.9. The third-order valence-corrected chi connectivity index (χ3v) is 4.79. The zero-order valence-corrected chi connectivity index (χ0v) is 13.7. The fourth-order valence-corrected chi connectivity index (χ4v) is 3.75. The van der Waals surface area contributed by atoms with E-state index in [0.717, 1.165) is 45.2 Å². The average molecular weight is 325 g/mol. The van der Waals surface area contributed by atoms with Gasteiger partial charge in [-0.2, -0.15) is 0 Å². The molecule has 1 aliphatic heterocycles. The van der Waals surface area contributed by atoms with Crippen LogP contribution in [0, 0.1) is 6.92 Å². The highest BCUT2D eigenvalue weighted by molar-refractivity contribution is 6.38. The summed E-state index contributed by atoms with van der Waals surface area (Å²) >= 11 is 6.47. The largest absolute Gasteiger partial charge is 0.464 e. The highest BCUT2D eigenvalue weighted by Crippen LogP contribution is 2.46. The van der Waals surface area contributed by atoms with Gasteiger partial charge in [-0.1, -0.05) is 35.4 Å². The van der Waals surface area contributed by atoms with Gasteiger partial charge in [0.1, 0.15) is 5.58 Å². The van der Waals surface area contributed by atoms with Gasteiger partial charge in [0, 0.05) is 33.5 Å². The van der Waals surface area contributed by atoms with E-state index in [1.54, 1.807) is 0 Å².